The smallest absolute Gasteiger partial charge is 0.355 e. The van der Waals surface area contributed by atoms with Gasteiger partial charge in [-0.25, -0.2) is 9.59 Å². The van der Waals surface area contributed by atoms with Crippen LogP contribution in [0, 0.1) is 6.92 Å². The topological polar surface area (TPSA) is 110 Å². The highest BCUT2D eigenvalue weighted by molar-refractivity contribution is 7.85. The van der Waals surface area contributed by atoms with Crippen LogP contribution in [0.25, 0.3) is 0 Å². The molecule has 0 atom stereocenters. The van der Waals surface area contributed by atoms with Crippen LogP contribution in [0.3, 0.4) is 0 Å². The predicted octanol–water partition coefficient (Wildman–Crippen LogP) is 1.73. The Bertz CT molecular complexity index is 942. The molecule has 0 amide bonds. The van der Waals surface area contributed by atoms with Crippen LogP contribution in [-0.4, -0.2) is 39.1 Å². The van der Waals surface area contributed by atoms with Crippen molar-refractivity contribution < 1.29 is 32.0 Å². The molecule has 0 radical (unpaired) electrons. The Morgan fingerprint density at radius 3 is 2.31 bits per heavy atom. The molecule has 1 N–H and O–H groups in total. The van der Waals surface area contributed by atoms with E-state index in [9.17, 15) is 22.6 Å². The van der Waals surface area contributed by atoms with E-state index in [2.05, 4.69) is 0 Å². The lowest BCUT2D eigenvalue weighted by Crippen LogP contribution is -2.27. The SMILES string of the molecule is COC(=O)C1=C(C(=O)OC)N(c2cc(S(=O)(=O)O)ccc2C)C=CC=C1. The number of hydrogen-bond acceptors (Lipinski definition) is 7. The molecule has 2 rings (SSSR count). The molecule has 0 saturated heterocycles. The van der Waals surface area contributed by atoms with E-state index in [4.69, 9.17) is 9.47 Å². The average Bonchev–Trinajstić information content (AvgIpc) is 2.82. The van der Waals surface area contributed by atoms with Gasteiger partial charge in [-0.3, -0.25) is 4.55 Å². The molecule has 8 nitrogen and oxygen atoms in total. The predicted molar refractivity (Wildman–Crippen MR) is 92.8 cm³/mol. The fraction of sp³-hybridized carbons (Fsp3) is 0.176. The van der Waals surface area contributed by atoms with Crippen molar-refractivity contribution in [2.45, 2.75) is 11.8 Å². The third-order valence-electron chi connectivity index (χ3n) is 3.63. The van der Waals surface area contributed by atoms with Gasteiger partial charge in [0.25, 0.3) is 10.1 Å². The molecule has 0 aliphatic carbocycles. The number of esters is 2. The van der Waals surface area contributed by atoms with Crippen molar-refractivity contribution >= 4 is 27.7 Å². The summed E-state index contributed by atoms with van der Waals surface area (Å²) in [5, 5.41) is 0. The van der Waals surface area contributed by atoms with Gasteiger partial charge in [0.2, 0.25) is 0 Å². The summed E-state index contributed by atoms with van der Waals surface area (Å²) in [6.07, 6.45) is 5.93. The molecular weight excluding hydrogens is 362 g/mol. The number of aryl methyl sites for hydroxylation is 1. The number of methoxy groups -OCH3 is 2. The molecule has 1 aromatic rings. The van der Waals surface area contributed by atoms with Crippen LogP contribution in [0.1, 0.15) is 5.56 Å². The average molecular weight is 379 g/mol. The second-order valence-corrected chi connectivity index (χ2v) is 6.66. The quantitative estimate of drug-likeness (QED) is 0.622. The lowest BCUT2D eigenvalue weighted by molar-refractivity contribution is -0.139. The lowest BCUT2D eigenvalue weighted by atomic mass is 10.1. The molecule has 26 heavy (non-hydrogen) atoms. The van der Waals surface area contributed by atoms with Crippen molar-refractivity contribution in [3.8, 4) is 0 Å². The first-order chi connectivity index (χ1) is 12.2. The fourth-order valence-corrected chi connectivity index (χ4v) is 2.86. The van der Waals surface area contributed by atoms with E-state index >= 15 is 0 Å². The summed E-state index contributed by atoms with van der Waals surface area (Å²) in [6, 6.07) is 3.90. The molecule has 0 fully saturated rings. The molecule has 138 valence electrons. The van der Waals surface area contributed by atoms with E-state index in [1.807, 2.05) is 0 Å². The number of carbonyl (C=O) groups excluding carboxylic acids is 2. The maximum Gasteiger partial charge on any atom is 0.355 e. The van der Waals surface area contributed by atoms with Crippen molar-refractivity contribution in [2.75, 3.05) is 19.1 Å². The first kappa shape index (κ1) is 19.4. The Morgan fingerprint density at radius 2 is 1.73 bits per heavy atom. The molecule has 0 aromatic heterocycles. The molecule has 9 heteroatoms. The minimum atomic E-state index is -4.46. The van der Waals surface area contributed by atoms with Gasteiger partial charge in [0.1, 0.15) is 5.70 Å². The number of anilines is 1. The molecular formula is C17H17NO7S. The summed E-state index contributed by atoms with van der Waals surface area (Å²) in [5.41, 5.74) is 0.636. The van der Waals surface area contributed by atoms with Gasteiger partial charge in [-0.1, -0.05) is 12.1 Å². The van der Waals surface area contributed by atoms with Crippen LogP contribution in [0.2, 0.25) is 0 Å². The first-order valence-corrected chi connectivity index (χ1v) is 8.78. The minimum absolute atomic E-state index is 0.0685. The van der Waals surface area contributed by atoms with Gasteiger partial charge in [-0.15, -0.1) is 0 Å². The highest BCUT2D eigenvalue weighted by atomic mass is 32.2. The third kappa shape index (κ3) is 3.84. The number of carbonyl (C=O) groups is 2. The molecule has 1 aromatic carbocycles. The zero-order valence-corrected chi connectivity index (χ0v) is 15.1. The highest BCUT2D eigenvalue weighted by Gasteiger charge is 2.28. The minimum Gasteiger partial charge on any atom is -0.465 e. The zero-order chi connectivity index (χ0) is 19.5. The van der Waals surface area contributed by atoms with Crippen molar-refractivity contribution in [1.82, 2.24) is 0 Å². The maximum atomic E-state index is 12.4. The number of benzene rings is 1. The van der Waals surface area contributed by atoms with E-state index in [-0.39, 0.29) is 21.9 Å². The third-order valence-corrected chi connectivity index (χ3v) is 4.48. The molecule has 0 bridgehead atoms. The molecule has 1 aliphatic heterocycles. The molecule has 1 heterocycles. The number of rotatable bonds is 4. The van der Waals surface area contributed by atoms with Crippen molar-refractivity contribution in [2.24, 2.45) is 0 Å². The first-order valence-electron chi connectivity index (χ1n) is 7.34. The monoisotopic (exact) mass is 379 g/mol. The number of hydrogen-bond donors (Lipinski definition) is 1. The van der Waals surface area contributed by atoms with Gasteiger partial charge < -0.3 is 14.4 Å². The Morgan fingerprint density at radius 1 is 1.08 bits per heavy atom. The van der Waals surface area contributed by atoms with Crippen LogP contribution < -0.4 is 4.90 Å². The summed E-state index contributed by atoms with van der Waals surface area (Å²) < 4.78 is 41.7. The van der Waals surface area contributed by atoms with Crippen molar-refractivity contribution in [1.29, 1.82) is 0 Å². The fourth-order valence-electron chi connectivity index (χ4n) is 2.36. The lowest BCUT2D eigenvalue weighted by Gasteiger charge is -2.25. The van der Waals surface area contributed by atoms with Gasteiger partial charge in [0.15, 0.2) is 0 Å². The number of nitrogens with zero attached hydrogens (tertiary/aromatic N) is 1. The molecule has 1 aliphatic rings. The van der Waals surface area contributed by atoms with Gasteiger partial charge >= 0.3 is 11.9 Å². The Kier molecular flexibility index (Phi) is 5.63. The second-order valence-electron chi connectivity index (χ2n) is 5.24. The van der Waals surface area contributed by atoms with Crippen molar-refractivity contribution in [3.63, 3.8) is 0 Å². The van der Waals surface area contributed by atoms with E-state index in [0.29, 0.717) is 5.56 Å². The van der Waals surface area contributed by atoms with E-state index < -0.39 is 22.1 Å². The van der Waals surface area contributed by atoms with Crippen LogP contribution >= 0.6 is 0 Å². The van der Waals surface area contributed by atoms with E-state index in [0.717, 1.165) is 7.11 Å². The summed E-state index contributed by atoms with van der Waals surface area (Å²) in [4.78, 5) is 25.4. The van der Waals surface area contributed by atoms with E-state index in [1.165, 1.54) is 48.6 Å². The van der Waals surface area contributed by atoms with Gasteiger partial charge in [0, 0.05) is 6.20 Å². The Balaban J connectivity index is 2.77. The molecule has 0 spiro atoms. The Labute approximate surface area is 150 Å². The zero-order valence-electron chi connectivity index (χ0n) is 14.3. The Hall–Kier alpha value is -2.91. The summed E-state index contributed by atoms with van der Waals surface area (Å²) in [5.74, 6) is -1.59. The highest BCUT2D eigenvalue weighted by Crippen LogP contribution is 2.30. The summed E-state index contributed by atoms with van der Waals surface area (Å²) in [6.45, 7) is 1.68. The maximum absolute atomic E-state index is 12.4. The normalized spacial score (nSPS) is 14.2. The number of allylic oxidation sites excluding steroid dienone is 2. The van der Waals surface area contributed by atoms with Gasteiger partial charge in [0.05, 0.1) is 30.4 Å². The summed E-state index contributed by atoms with van der Waals surface area (Å²) >= 11 is 0. The van der Waals surface area contributed by atoms with Crippen LogP contribution in [0.4, 0.5) is 5.69 Å². The van der Waals surface area contributed by atoms with E-state index in [1.54, 1.807) is 13.0 Å². The van der Waals surface area contributed by atoms with Crippen LogP contribution in [0.5, 0.6) is 0 Å². The van der Waals surface area contributed by atoms with Crippen molar-refractivity contribution in [3.05, 3.63) is 59.5 Å². The van der Waals surface area contributed by atoms with Crippen LogP contribution in [0.15, 0.2) is 58.8 Å². The van der Waals surface area contributed by atoms with Gasteiger partial charge in [-0.05, 0) is 36.8 Å². The summed E-state index contributed by atoms with van der Waals surface area (Å²) in [7, 11) is -2.13. The molecule has 0 saturated carbocycles. The largest absolute Gasteiger partial charge is 0.465 e. The van der Waals surface area contributed by atoms with Crippen LogP contribution in [-0.2, 0) is 29.2 Å². The standard InChI is InChI=1S/C17H17NO7S/c1-11-7-8-12(26(21,22)23)10-14(11)18-9-5-4-6-13(16(19)24-2)15(18)17(20)25-3/h4-10H,1-3H3,(H,21,22,23). The second kappa shape index (κ2) is 7.54. The molecule has 0 unspecified atom stereocenters. The van der Waals surface area contributed by atoms with Gasteiger partial charge in [-0.2, -0.15) is 8.42 Å². The number of ether oxygens (including phenoxy) is 2.